The van der Waals surface area contributed by atoms with E-state index in [-0.39, 0.29) is 5.92 Å². The number of aliphatic hydroxyl groups excluding tert-OH is 1. The summed E-state index contributed by atoms with van der Waals surface area (Å²) >= 11 is 12.1. The summed E-state index contributed by atoms with van der Waals surface area (Å²) in [6.45, 7) is 1.24. The van der Waals surface area contributed by atoms with Crippen LogP contribution in [-0.2, 0) is 4.74 Å². The zero-order valence-corrected chi connectivity index (χ0v) is 11.0. The van der Waals surface area contributed by atoms with Crippen molar-refractivity contribution in [1.82, 2.24) is 0 Å². The van der Waals surface area contributed by atoms with E-state index >= 15 is 0 Å². The molecule has 0 bridgehead atoms. The quantitative estimate of drug-likeness (QED) is 0.922. The third kappa shape index (κ3) is 2.68. The maximum Gasteiger partial charge on any atom is 0.138 e. The van der Waals surface area contributed by atoms with Gasteiger partial charge in [-0.3, -0.25) is 0 Å². The maximum atomic E-state index is 10.2. The van der Waals surface area contributed by atoms with Gasteiger partial charge in [-0.1, -0.05) is 23.2 Å². The van der Waals surface area contributed by atoms with E-state index < -0.39 is 6.10 Å². The summed E-state index contributed by atoms with van der Waals surface area (Å²) < 4.78 is 10.3. The second-order valence-corrected chi connectivity index (χ2v) is 4.89. The molecule has 2 atom stereocenters. The Kier molecular flexibility index (Phi) is 4.15. The molecule has 0 spiro atoms. The van der Waals surface area contributed by atoms with Crippen LogP contribution in [0.2, 0.25) is 10.0 Å². The molecule has 0 radical (unpaired) electrons. The van der Waals surface area contributed by atoms with Crippen LogP contribution in [0.5, 0.6) is 5.75 Å². The van der Waals surface area contributed by atoms with Gasteiger partial charge in [0, 0.05) is 24.2 Å². The molecule has 3 nitrogen and oxygen atoms in total. The van der Waals surface area contributed by atoms with Crippen LogP contribution in [0.1, 0.15) is 18.1 Å². The number of ether oxygens (including phenoxy) is 2. The highest BCUT2D eigenvalue weighted by atomic mass is 35.5. The summed E-state index contributed by atoms with van der Waals surface area (Å²) in [4.78, 5) is 0. The fraction of sp³-hybridized carbons (Fsp3) is 0.500. The number of hydrogen-bond donors (Lipinski definition) is 1. The lowest BCUT2D eigenvalue weighted by atomic mass is 9.95. The third-order valence-electron chi connectivity index (χ3n) is 3.00. The molecular formula is C12H14Cl2O3. The molecule has 0 amide bonds. The van der Waals surface area contributed by atoms with Crippen LogP contribution in [0.4, 0.5) is 0 Å². The van der Waals surface area contributed by atoms with E-state index in [0.29, 0.717) is 34.6 Å². The van der Waals surface area contributed by atoms with Crippen molar-refractivity contribution in [3.8, 4) is 5.75 Å². The average molecular weight is 277 g/mol. The van der Waals surface area contributed by atoms with Crippen molar-refractivity contribution in [3.63, 3.8) is 0 Å². The van der Waals surface area contributed by atoms with Crippen LogP contribution < -0.4 is 4.74 Å². The van der Waals surface area contributed by atoms with Gasteiger partial charge in [0.05, 0.1) is 29.9 Å². The lowest BCUT2D eigenvalue weighted by Crippen LogP contribution is -2.13. The van der Waals surface area contributed by atoms with Crippen LogP contribution in [0.25, 0.3) is 0 Å². The molecule has 2 rings (SSSR count). The molecule has 1 aromatic rings. The van der Waals surface area contributed by atoms with Crippen LogP contribution >= 0.6 is 23.2 Å². The normalized spacial score (nSPS) is 21.5. The largest absolute Gasteiger partial charge is 0.495 e. The van der Waals surface area contributed by atoms with Gasteiger partial charge in [-0.25, -0.2) is 0 Å². The Hall–Kier alpha value is -0.480. The van der Waals surface area contributed by atoms with E-state index in [9.17, 15) is 5.11 Å². The summed E-state index contributed by atoms with van der Waals surface area (Å²) in [5.74, 6) is 0.590. The number of benzene rings is 1. The maximum absolute atomic E-state index is 10.2. The molecule has 1 saturated heterocycles. The molecule has 0 saturated carbocycles. The first-order valence-electron chi connectivity index (χ1n) is 5.42. The van der Waals surface area contributed by atoms with Gasteiger partial charge < -0.3 is 14.6 Å². The van der Waals surface area contributed by atoms with Gasteiger partial charge in [0.15, 0.2) is 0 Å². The van der Waals surface area contributed by atoms with Crippen LogP contribution in [0, 0.1) is 5.92 Å². The van der Waals surface area contributed by atoms with E-state index in [0.717, 1.165) is 6.42 Å². The number of halogens is 2. The lowest BCUT2D eigenvalue weighted by Gasteiger charge is -2.19. The van der Waals surface area contributed by atoms with Crippen molar-refractivity contribution >= 4 is 23.2 Å². The summed E-state index contributed by atoms with van der Waals surface area (Å²) in [7, 11) is 1.53. The van der Waals surface area contributed by atoms with E-state index in [1.165, 1.54) is 7.11 Å². The van der Waals surface area contributed by atoms with Crippen molar-refractivity contribution in [2.24, 2.45) is 5.92 Å². The summed E-state index contributed by atoms with van der Waals surface area (Å²) in [6, 6.07) is 3.28. The van der Waals surface area contributed by atoms with Gasteiger partial charge in [-0.05, 0) is 12.5 Å². The monoisotopic (exact) mass is 276 g/mol. The molecule has 1 N–H and O–H groups in total. The molecule has 1 heterocycles. The van der Waals surface area contributed by atoms with E-state index in [1.54, 1.807) is 12.1 Å². The molecule has 94 valence electrons. The van der Waals surface area contributed by atoms with Crippen molar-refractivity contribution in [2.45, 2.75) is 12.5 Å². The standard InChI is InChI=1S/C12H14Cl2O3/c1-16-11-5-9(13)8(4-10(11)14)12(15)7-2-3-17-6-7/h4-5,7,12,15H,2-3,6H2,1H3. The Morgan fingerprint density at radius 3 is 2.76 bits per heavy atom. The number of rotatable bonds is 3. The topological polar surface area (TPSA) is 38.7 Å². The minimum atomic E-state index is -0.645. The molecular weight excluding hydrogens is 263 g/mol. The molecule has 1 aromatic carbocycles. The molecule has 1 aliphatic rings. The summed E-state index contributed by atoms with van der Waals surface area (Å²) in [5.41, 5.74) is 0.632. The highest BCUT2D eigenvalue weighted by Gasteiger charge is 2.27. The number of methoxy groups -OCH3 is 1. The second kappa shape index (κ2) is 5.44. The first-order chi connectivity index (χ1) is 8.13. The van der Waals surface area contributed by atoms with Crippen molar-refractivity contribution in [1.29, 1.82) is 0 Å². The Morgan fingerprint density at radius 2 is 2.18 bits per heavy atom. The van der Waals surface area contributed by atoms with Crippen LogP contribution in [-0.4, -0.2) is 25.4 Å². The number of aliphatic hydroxyl groups is 1. The zero-order valence-electron chi connectivity index (χ0n) is 9.45. The molecule has 17 heavy (non-hydrogen) atoms. The van der Waals surface area contributed by atoms with E-state index in [4.69, 9.17) is 32.7 Å². The highest BCUT2D eigenvalue weighted by Crippen LogP contribution is 2.38. The fourth-order valence-electron chi connectivity index (χ4n) is 1.98. The summed E-state index contributed by atoms with van der Waals surface area (Å²) in [5, 5.41) is 11.1. The van der Waals surface area contributed by atoms with Gasteiger partial charge in [-0.2, -0.15) is 0 Å². The minimum Gasteiger partial charge on any atom is -0.495 e. The fourth-order valence-corrected chi connectivity index (χ4v) is 2.50. The van der Waals surface area contributed by atoms with E-state index in [2.05, 4.69) is 0 Å². The van der Waals surface area contributed by atoms with Gasteiger partial charge in [-0.15, -0.1) is 0 Å². The van der Waals surface area contributed by atoms with Crippen molar-refractivity contribution < 1.29 is 14.6 Å². The van der Waals surface area contributed by atoms with Gasteiger partial charge in [0.2, 0.25) is 0 Å². The minimum absolute atomic E-state index is 0.0805. The third-order valence-corrected chi connectivity index (χ3v) is 3.62. The zero-order chi connectivity index (χ0) is 12.4. The lowest BCUT2D eigenvalue weighted by molar-refractivity contribution is 0.0918. The Labute approximate surface area is 110 Å². The highest BCUT2D eigenvalue weighted by molar-refractivity contribution is 6.34. The Balaban J connectivity index is 2.28. The van der Waals surface area contributed by atoms with Gasteiger partial charge in [0.25, 0.3) is 0 Å². The smallest absolute Gasteiger partial charge is 0.138 e. The first kappa shape index (κ1) is 13.0. The average Bonchev–Trinajstić information content (AvgIpc) is 2.84. The molecule has 2 unspecified atom stereocenters. The first-order valence-corrected chi connectivity index (χ1v) is 6.18. The van der Waals surface area contributed by atoms with Crippen LogP contribution in [0.15, 0.2) is 12.1 Å². The van der Waals surface area contributed by atoms with Crippen molar-refractivity contribution in [2.75, 3.05) is 20.3 Å². The predicted octanol–water partition coefficient (Wildman–Crippen LogP) is 3.07. The molecule has 1 aliphatic heterocycles. The molecule has 0 aromatic heterocycles. The summed E-state index contributed by atoms with van der Waals surface area (Å²) in [6.07, 6.45) is 0.189. The predicted molar refractivity (Wildman–Crippen MR) is 66.9 cm³/mol. The van der Waals surface area contributed by atoms with Crippen LogP contribution in [0.3, 0.4) is 0 Å². The van der Waals surface area contributed by atoms with Gasteiger partial charge >= 0.3 is 0 Å². The second-order valence-electron chi connectivity index (χ2n) is 4.08. The van der Waals surface area contributed by atoms with Gasteiger partial charge in [0.1, 0.15) is 5.75 Å². The van der Waals surface area contributed by atoms with Crippen molar-refractivity contribution in [3.05, 3.63) is 27.7 Å². The molecule has 1 fully saturated rings. The molecule has 0 aliphatic carbocycles. The Morgan fingerprint density at radius 1 is 1.41 bits per heavy atom. The van der Waals surface area contributed by atoms with E-state index in [1.807, 2.05) is 0 Å². The Bertz CT molecular complexity index is 403. The molecule has 5 heteroatoms. The SMILES string of the molecule is COc1cc(Cl)c(C(O)C2CCOC2)cc1Cl. The number of hydrogen-bond acceptors (Lipinski definition) is 3.